The van der Waals surface area contributed by atoms with Crippen LogP contribution in [0.2, 0.25) is 24.2 Å². The molecule has 1 aromatic rings. The standard InChI is InChI=1S/C13H22ClNOSi/c1-17(2,11-3-9-16-10-8-15)13-6-4-12(14)5-7-13/h4-7H,3,8-11,15H2,1-2H3. The second kappa shape index (κ2) is 7.16. The lowest BCUT2D eigenvalue weighted by molar-refractivity contribution is 0.142. The molecule has 96 valence electrons. The maximum Gasteiger partial charge on any atom is 0.0807 e. The Balaban J connectivity index is 2.42. The SMILES string of the molecule is C[Si](C)(CCCOCCN)c1ccc(Cl)cc1. The Morgan fingerprint density at radius 3 is 2.41 bits per heavy atom. The van der Waals surface area contributed by atoms with Crippen molar-refractivity contribution in [3.05, 3.63) is 29.3 Å². The molecule has 0 aliphatic carbocycles. The Morgan fingerprint density at radius 2 is 1.82 bits per heavy atom. The zero-order valence-corrected chi connectivity index (χ0v) is 12.5. The summed E-state index contributed by atoms with van der Waals surface area (Å²) in [6.45, 7) is 6.88. The lowest BCUT2D eigenvalue weighted by Gasteiger charge is -2.23. The van der Waals surface area contributed by atoms with E-state index in [4.69, 9.17) is 22.1 Å². The van der Waals surface area contributed by atoms with Gasteiger partial charge in [-0.15, -0.1) is 0 Å². The molecule has 0 saturated heterocycles. The smallest absolute Gasteiger partial charge is 0.0807 e. The second-order valence-electron chi connectivity index (χ2n) is 4.90. The minimum Gasteiger partial charge on any atom is -0.380 e. The first-order valence-corrected chi connectivity index (χ1v) is 9.68. The zero-order valence-electron chi connectivity index (χ0n) is 10.7. The van der Waals surface area contributed by atoms with Gasteiger partial charge >= 0.3 is 0 Å². The number of nitrogens with two attached hydrogens (primary N) is 1. The minimum absolute atomic E-state index is 0.609. The van der Waals surface area contributed by atoms with E-state index in [1.54, 1.807) is 0 Å². The Labute approximate surface area is 110 Å². The van der Waals surface area contributed by atoms with Gasteiger partial charge < -0.3 is 10.5 Å². The van der Waals surface area contributed by atoms with Crippen molar-refractivity contribution >= 4 is 24.9 Å². The summed E-state index contributed by atoms with van der Waals surface area (Å²) in [5, 5.41) is 2.27. The number of hydrogen-bond donors (Lipinski definition) is 1. The van der Waals surface area contributed by atoms with Gasteiger partial charge in [0.2, 0.25) is 0 Å². The van der Waals surface area contributed by atoms with Crippen LogP contribution in [0.1, 0.15) is 6.42 Å². The molecule has 0 spiro atoms. The predicted octanol–water partition coefficient (Wildman–Crippen LogP) is 2.62. The fourth-order valence-corrected chi connectivity index (χ4v) is 4.36. The molecule has 0 radical (unpaired) electrons. The highest BCUT2D eigenvalue weighted by Crippen LogP contribution is 2.14. The van der Waals surface area contributed by atoms with Gasteiger partial charge in [0.05, 0.1) is 14.7 Å². The average Bonchev–Trinajstić information content (AvgIpc) is 2.29. The van der Waals surface area contributed by atoms with Crippen LogP contribution in [-0.2, 0) is 4.74 Å². The van der Waals surface area contributed by atoms with E-state index in [0.29, 0.717) is 13.2 Å². The van der Waals surface area contributed by atoms with E-state index in [-0.39, 0.29) is 0 Å². The molecule has 0 heterocycles. The van der Waals surface area contributed by atoms with E-state index in [1.807, 2.05) is 12.1 Å². The first-order chi connectivity index (χ1) is 8.06. The van der Waals surface area contributed by atoms with E-state index >= 15 is 0 Å². The van der Waals surface area contributed by atoms with Gasteiger partial charge in [0.15, 0.2) is 0 Å². The number of benzene rings is 1. The molecule has 2 nitrogen and oxygen atoms in total. The zero-order chi connectivity index (χ0) is 12.7. The van der Waals surface area contributed by atoms with Crippen LogP contribution in [0.25, 0.3) is 0 Å². The highest BCUT2D eigenvalue weighted by molar-refractivity contribution is 6.89. The van der Waals surface area contributed by atoms with Crippen LogP contribution >= 0.6 is 11.6 Å². The van der Waals surface area contributed by atoms with E-state index in [1.165, 1.54) is 11.2 Å². The first-order valence-electron chi connectivity index (χ1n) is 6.10. The summed E-state index contributed by atoms with van der Waals surface area (Å²) in [5.74, 6) is 0. The fraction of sp³-hybridized carbons (Fsp3) is 0.538. The minimum atomic E-state index is -1.33. The van der Waals surface area contributed by atoms with Crippen molar-refractivity contribution in [3.8, 4) is 0 Å². The van der Waals surface area contributed by atoms with E-state index < -0.39 is 8.07 Å². The molecule has 0 fully saturated rings. The van der Waals surface area contributed by atoms with Crippen molar-refractivity contribution in [1.82, 2.24) is 0 Å². The molecular weight excluding hydrogens is 250 g/mol. The second-order valence-corrected chi connectivity index (χ2v) is 10.2. The van der Waals surface area contributed by atoms with Crippen LogP contribution in [0.4, 0.5) is 0 Å². The van der Waals surface area contributed by atoms with Crippen molar-refractivity contribution in [1.29, 1.82) is 0 Å². The van der Waals surface area contributed by atoms with Gasteiger partial charge in [-0.1, -0.05) is 48.1 Å². The van der Waals surface area contributed by atoms with Gasteiger partial charge in [-0.05, 0) is 18.6 Å². The highest BCUT2D eigenvalue weighted by Gasteiger charge is 2.22. The molecule has 0 unspecified atom stereocenters. The normalized spacial score (nSPS) is 11.8. The summed E-state index contributed by atoms with van der Waals surface area (Å²) in [5.41, 5.74) is 5.37. The Bertz CT molecular complexity index is 327. The third-order valence-electron chi connectivity index (χ3n) is 2.98. The van der Waals surface area contributed by atoms with Crippen LogP contribution in [-0.4, -0.2) is 27.8 Å². The molecule has 0 aliphatic heterocycles. The van der Waals surface area contributed by atoms with Gasteiger partial charge in [-0.25, -0.2) is 0 Å². The molecule has 0 bridgehead atoms. The maximum atomic E-state index is 5.91. The van der Waals surface area contributed by atoms with Crippen molar-refractivity contribution in [2.24, 2.45) is 5.73 Å². The fourth-order valence-electron chi connectivity index (χ4n) is 1.85. The van der Waals surface area contributed by atoms with Crippen LogP contribution in [0, 0.1) is 0 Å². The van der Waals surface area contributed by atoms with Gasteiger partial charge in [0.25, 0.3) is 0 Å². The summed E-state index contributed by atoms with van der Waals surface area (Å²) in [6, 6.07) is 9.52. The predicted molar refractivity (Wildman–Crippen MR) is 77.9 cm³/mol. The van der Waals surface area contributed by atoms with E-state index in [0.717, 1.165) is 18.1 Å². The maximum absolute atomic E-state index is 5.91. The number of halogens is 1. The highest BCUT2D eigenvalue weighted by atomic mass is 35.5. The van der Waals surface area contributed by atoms with Crippen molar-refractivity contribution < 1.29 is 4.74 Å². The van der Waals surface area contributed by atoms with E-state index in [9.17, 15) is 0 Å². The first kappa shape index (κ1) is 14.7. The molecule has 4 heteroatoms. The van der Waals surface area contributed by atoms with E-state index in [2.05, 4.69) is 25.2 Å². The molecular formula is C13H22ClNOSi. The van der Waals surface area contributed by atoms with Gasteiger partial charge in [0.1, 0.15) is 0 Å². The Hall–Kier alpha value is -0.353. The third kappa shape index (κ3) is 5.21. The van der Waals surface area contributed by atoms with Crippen LogP contribution in [0.3, 0.4) is 0 Å². The largest absolute Gasteiger partial charge is 0.380 e. The monoisotopic (exact) mass is 271 g/mol. The Morgan fingerprint density at radius 1 is 1.18 bits per heavy atom. The molecule has 17 heavy (non-hydrogen) atoms. The summed E-state index contributed by atoms with van der Waals surface area (Å²) in [7, 11) is -1.33. The van der Waals surface area contributed by atoms with Crippen LogP contribution < -0.4 is 10.9 Å². The lowest BCUT2D eigenvalue weighted by atomic mass is 10.4. The number of ether oxygens (including phenoxy) is 1. The molecule has 0 atom stereocenters. The summed E-state index contributed by atoms with van der Waals surface area (Å²) >= 11 is 5.91. The molecule has 0 saturated carbocycles. The van der Waals surface area contributed by atoms with Crippen molar-refractivity contribution in [2.45, 2.75) is 25.6 Å². The molecule has 0 aromatic heterocycles. The molecule has 2 N–H and O–H groups in total. The van der Waals surface area contributed by atoms with Crippen LogP contribution in [0.15, 0.2) is 24.3 Å². The van der Waals surface area contributed by atoms with Gasteiger partial charge in [0, 0.05) is 18.2 Å². The molecule has 0 amide bonds. The topological polar surface area (TPSA) is 35.2 Å². The molecule has 1 aromatic carbocycles. The lowest BCUT2D eigenvalue weighted by Crippen LogP contribution is -2.41. The third-order valence-corrected chi connectivity index (χ3v) is 6.73. The van der Waals surface area contributed by atoms with Crippen molar-refractivity contribution in [3.63, 3.8) is 0 Å². The number of hydrogen-bond acceptors (Lipinski definition) is 2. The molecule has 1 rings (SSSR count). The van der Waals surface area contributed by atoms with Gasteiger partial charge in [-0.3, -0.25) is 0 Å². The number of rotatable bonds is 7. The summed E-state index contributed by atoms with van der Waals surface area (Å²) in [4.78, 5) is 0. The Kier molecular flexibility index (Phi) is 6.20. The summed E-state index contributed by atoms with van der Waals surface area (Å²) in [6.07, 6.45) is 1.11. The van der Waals surface area contributed by atoms with Crippen molar-refractivity contribution in [2.75, 3.05) is 19.8 Å². The summed E-state index contributed by atoms with van der Waals surface area (Å²) < 4.78 is 5.41. The van der Waals surface area contributed by atoms with Gasteiger partial charge in [-0.2, -0.15) is 0 Å². The van der Waals surface area contributed by atoms with Crippen LogP contribution in [0.5, 0.6) is 0 Å². The average molecular weight is 272 g/mol. The quantitative estimate of drug-likeness (QED) is 0.611. The molecule has 0 aliphatic rings.